The van der Waals surface area contributed by atoms with Crippen LogP contribution in [0.2, 0.25) is 5.02 Å². The standard InChI is InChI=1S/C12H7ClN2O3/c13-9-6-7-10(15(17)18)14-11(9)12(16)8-4-2-1-3-5-8/h1-7H. The van der Waals surface area contributed by atoms with Gasteiger partial charge >= 0.3 is 5.82 Å². The summed E-state index contributed by atoms with van der Waals surface area (Å²) < 4.78 is 0. The molecule has 0 bridgehead atoms. The number of nitrogens with zero attached hydrogens (tertiary/aromatic N) is 2. The fourth-order valence-corrected chi connectivity index (χ4v) is 1.61. The number of halogens is 1. The first-order chi connectivity index (χ1) is 8.59. The maximum Gasteiger partial charge on any atom is 0.364 e. The van der Waals surface area contributed by atoms with Gasteiger partial charge in [-0.3, -0.25) is 4.79 Å². The maximum atomic E-state index is 12.1. The van der Waals surface area contributed by atoms with Gasteiger partial charge in [-0.1, -0.05) is 41.9 Å². The predicted molar refractivity (Wildman–Crippen MR) is 65.8 cm³/mol. The van der Waals surface area contributed by atoms with Crippen molar-refractivity contribution in [3.05, 3.63) is 68.9 Å². The van der Waals surface area contributed by atoms with Crippen LogP contribution in [-0.4, -0.2) is 15.7 Å². The molecule has 0 fully saturated rings. The Bertz CT molecular complexity index is 614. The molecule has 2 rings (SSSR count). The van der Waals surface area contributed by atoms with Crippen LogP contribution in [0.5, 0.6) is 0 Å². The second kappa shape index (κ2) is 4.93. The van der Waals surface area contributed by atoms with Crippen molar-refractivity contribution < 1.29 is 9.72 Å². The van der Waals surface area contributed by atoms with Crippen LogP contribution in [0, 0.1) is 10.1 Å². The summed E-state index contributed by atoms with van der Waals surface area (Å²) in [6.07, 6.45) is 0. The van der Waals surface area contributed by atoms with Crippen molar-refractivity contribution in [1.29, 1.82) is 0 Å². The van der Waals surface area contributed by atoms with Crippen LogP contribution in [0.25, 0.3) is 0 Å². The zero-order chi connectivity index (χ0) is 13.1. The van der Waals surface area contributed by atoms with Gasteiger partial charge in [0.2, 0.25) is 11.5 Å². The molecule has 90 valence electrons. The molecule has 0 amide bonds. The molecule has 2 aromatic rings. The highest BCUT2D eigenvalue weighted by molar-refractivity contribution is 6.34. The fraction of sp³-hybridized carbons (Fsp3) is 0. The topological polar surface area (TPSA) is 73.1 Å². The highest BCUT2D eigenvalue weighted by Crippen LogP contribution is 2.20. The largest absolute Gasteiger partial charge is 0.364 e. The molecule has 18 heavy (non-hydrogen) atoms. The Kier molecular flexibility index (Phi) is 3.34. The third-order valence-corrected chi connectivity index (χ3v) is 2.57. The van der Waals surface area contributed by atoms with Crippen LogP contribution in [0.15, 0.2) is 42.5 Å². The number of carbonyl (C=O) groups is 1. The molecule has 0 saturated carbocycles. The number of carbonyl (C=O) groups excluding carboxylic acids is 1. The first-order valence-corrected chi connectivity index (χ1v) is 5.38. The third-order valence-electron chi connectivity index (χ3n) is 2.27. The van der Waals surface area contributed by atoms with Crippen LogP contribution < -0.4 is 0 Å². The quantitative estimate of drug-likeness (QED) is 0.484. The van der Waals surface area contributed by atoms with Gasteiger partial charge in [0, 0.05) is 11.6 Å². The summed E-state index contributed by atoms with van der Waals surface area (Å²) in [7, 11) is 0. The Balaban J connectivity index is 2.48. The maximum absolute atomic E-state index is 12.1. The minimum Gasteiger partial charge on any atom is -0.358 e. The SMILES string of the molecule is O=C(c1ccccc1)c1nc([N+](=O)[O-])ccc1Cl. The molecule has 1 heterocycles. The Morgan fingerprint density at radius 3 is 2.44 bits per heavy atom. The molecule has 5 nitrogen and oxygen atoms in total. The van der Waals surface area contributed by atoms with E-state index in [2.05, 4.69) is 4.98 Å². The van der Waals surface area contributed by atoms with Crippen LogP contribution in [0.4, 0.5) is 5.82 Å². The molecule has 0 aliphatic rings. The molecule has 6 heteroatoms. The second-order valence-electron chi connectivity index (χ2n) is 3.45. The molecule has 0 atom stereocenters. The zero-order valence-corrected chi connectivity index (χ0v) is 9.79. The summed E-state index contributed by atoms with van der Waals surface area (Å²) in [5.74, 6) is -0.844. The van der Waals surface area contributed by atoms with Gasteiger partial charge < -0.3 is 10.1 Å². The van der Waals surface area contributed by atoms with Gasteiger partial charge in [0.05, 0.1) is 5.02 Å². The molecule has 0 aliphatic carbocycles. The van der Waals surface area contributed by atoms with Gasteiger partial charge in [-0.2, -0.15) is 0 Å². The van der Waals surface area contributed by atoms with E-state index < -0.39 is 16.5 Å². The number of aromatic nitrogens is 1. The number of benzene rings is 1. The van der Waals surface area contributed by atoms with Crippen LogP contribution >= 0.6 is 11.6 Å². The number of ketones is 1. The van der Waals surface area contributed by atoms with Gasteiger partial charge in [-0.05, 0) is 16.0 Å². The van der Waals surface area contributed by atoms with E-state index in [-0.39, 0.29) is 10.7 Å². The van der Waals surface area contributed by atoms with Crippen molar-refractivity contribution in [3.8, 4) is 0 Å². The van der Waals surface area contributed by atoms with E-state index in [9.17, 15) is 14.9 Å². The van der Waals surface area contributed by atoms with E-state index in [1.807, 2.05) is 0 Å². The molecule has 1 aromatic heterocycles. The van der Waals surface area contributed by atoms with Crippen molar-refractivity contribution in [2.24, 2.45) is 0 Å². The van der Waals surface area contributed by atoms with Crippen molar-refractivity contribution >= 4 is 23.2 Å². The fourth-order valence-electron chi connectivity index (χ4n) is 1.42. The van der Waals surface area contributed by atoms with Gasteiger partial charge in [0.15, 0.2) is 0 Å². The van der Waals surface area contributed by atoms with E-state index >= 15 is 0 Å². The molecule has 0 aliphatic heterocycles. The third kappa shape index (κ3) is 2.36. The molecule has 0 unspecified atom stereocenters. The lowest BCUT2D eigenvalue weighted by Gasteiger charge is -1.99. The van der Waals surface area contributed by atoms with E-state index in [0.717, 1.165) is 6.07 Å². The lowest BCUT2D eigenvalue weighted by molar-refractivity contribution is -0.389. The Morgan fingerprint density at radius 2 is 1.83 bits per heavy atom. The molecular formula is C12H7ClN2O3. The number of hydrogen-bond acceptors (Lipinski definition) is 4. The lowest BCUT2D eigenvalue weighted by Crippen LogP contribution is -2.06. The summed E-state index contributed by atoms with van der Waals surface area (Å²) in [4.78, 5) is 25.7. The highest BCUT2D eigenvalue weighted by atomic mass is 35.5. The first-order valence-electron chi connectivity index (χ1n) is 5.00. The van der Waals surface area contributed by atoms with Crippen molar-refractivity contribution in [2.75, 3.05) is 0 Å². The van der Waals surface area contributed by atoms with Gasteiger partial charge in [0.1, 0.15) is 0 Å². The van der Waals surface area contributed by atoms with E-state index in [4.69, 9.17) is 11.6 Å². The van der Waals surface area contributed by atoms with Crippen LogP contribution in [0.3, 0.4) is 0 Å². The van der Waals surface area contributed by atoms with Crippen molar-refractivity contribution in [1.82, 2.24) is 4.98 Å². The first kappa shape index (κ1) is 12.2. The van der Waals surface area contributed by atoms with Crippen molar-refractivity contribution in [3.63, 3.8) is 0 Å². The summed E-state index contributed by atoms with van der Waals surface area (Å²) in [6, 6.07) is 10.8. The van der Waals surface area contributed by atoms with Gasteiger partial charge in [-0.15, -0.1) is 0 Å². The minimum atomic E-state index is -0.669. The average Bonchev–Trinajstić information content (AvgIpc) is 2.39. The highest BCUT2D eigenvalue weighted by Gasteiger charge is 2.22. The zero-order valence-electron chi connectivity index (χ0n) is 9.04. The number of nitro groups is 1. The molecule has 0 N–H and O–H groups in total. The van der Waals surface area contributed by atoms with Crippen LogP contribution in [-0.2, 0) is 0 Å². The summed E-state index contributed by atoms with van der Waals surface area (Å²) in [5, 5.41) is 10.7. The predicted octanol–water partition coefficient (Wildman–Crippen LogP) is 2.87. The van der Waals surface area contributed by atoms with Gasteiger partial charge in [0.25, 0.3) is 0 Å². The van der Waals surface area contributed by atoms with E-state index in [0.29, 0.717) is 5.56 Å². The van der Waals surface area contributed by atoms with Gasteiger partial charge in [-0.25, -0.2) is 0 Å². The van der Waals surface area contributed by atoms with Crippen LogP contribution in [0.1, 0.15) is 16.1 Å². The minimum absolute atomic E-state index is 0.0921. The second-order valence-corrected chi connectivity index (χ2v) is 3.86. The smallest absolute Gasteiger partial charge is 0.358 e. The Hall–Kier alpha value is -2.27. The lowest BCUT2D eigenvalue weighted by atomic mass is 10.1. The Labute approximate surface area is 107 Å². The molecule has 0 radical (unpaired) electrons. The number of rotatable bonds is 3. The summed E-state index contributed by atoms with van der Waals surface area (Å²) in [6.45, 7) is 0. The normalized spacial score (nSPS) is 10.1. The molecule has 0 saturated heterocycles. The van der Waals surface area contributed by atoms with E-state index in [1.54, 1.807) is 30.3 Å². The summed E-state index contributed by atoms with van der Waals surface area (Å²) in [5.41, 5.74) is 0.268. The average molecular weight is 263 g/mol. The van der Waals surface area contributed by atoms with Crippen molar-refractivity contribution in [2.45, 2.75) is 0 Å². The molecular weight excluding hydrogens is 256 g/mol. The molecule has 0 spiro atoms. The number of pyridine rings is 1. The number of hydrogen-bond donors (Lipinski definition) is 0. The van der Waals surface area contributed by atoms with E-state index in [1.165, 1.54) is 6.07 Å². The Morgan fingerprint density at radius 1 is 1.17 bits per heavy atom. The molecule has 1 aromatic carbocycles. The monoisotopic (exact) mass is 262 g/mol. The summed E-state index contributed by atoms with van der Waals surface area (Å²) >= 11 is 5.84.